The van der Waals surface area contributed by atoms with Gasteiger partial charge in [0.05, 0.1) is 4.92 Å². The summed E-state index contributed by atoms with van der Waals surface area (Å²) in [5, 5.41) is 10.4. The number of hydrogen-bond acceptors (Lipinski definition) is 4. The molecule has 0 aliphatic carbocycles. The van der Waals surface area contributed by atoms with Gasteiger partial charge in [-0.1, -0.05) is 12.1 Å². The van der Waals surface area contributed by atoms with Gasteiger partial charge in [0, 0.05) is 18.6 Å². The van der Waals surface area contributed by atoms with E-state index in [-0.39, 0.29) is 12.1 Å². The number of halogens is 1. The summed E-state index contributed by atoms with van der Waals surface area (Å²) >= 11 is 4.86. The van der Waals surface area contributed by atoms with Crippen molar-refractivity contribution in [2.24, 2.45) is 0 Å². The Hall–Kier alpha value is -1.62. The summed E-state index contributed by atoms with van der Waals surface area (Å²) in [7, 11) is 0. The van der Waals surface area contributed by atoms with E-state index in [0.717, 1.165) is 5.56 Å². The molecule has 0 bridgehead atoms. The predicted molar refractivity (Wildman–Crippen MR) is 58.0 cm³/mol. The van der Waals surface area contributed by atoms with Gasteiger partial charge >= 0.3 is 5.97 Å². The monoisotopic (exact) mass is 243 g/mol. The summed E-state index contributed by atoms with van der Waals surface area (Å²) in [4.78, 5) is 20.6. The van der Waals surface area contributed by atoms with Crippen LogP contribution in [0, 0.1) is 10.1 Å². The lowest BCUT2D eigenvalue weighted by Crippen LogP contribution is -1.97. The Morgan fingerprint density at radius 2 is 2.00 bits per heavy atom. The summed E-state index contributed by atoms with van der Waals surface area (Å²) in [5.41, 5.74) is 0.997. The maximum absolute atomic E-state index is 10.7. The Labute approximate surface area is 97.3 Å². The smallest absolute Gasteiger partial charge is 0.324 e. The highest BCUT2D eigenvalue weighted by Gasteiger charge is 2.05. The number of nitro benzene ring substituents is 1. The molecule has 0 spiro atoms. The lowest BCUT2D eigenvalue weighted by Gasteiger charge is -1.99. The Morgan fingerprint density at radius 3 is 2.50 bits per heavy atom. The predicted octanol–water partition coefficient (Wildman–Crippen LogP) is 2.61. The van der Waals surface area contributed by atoms with Crippen LogP contribution in [0.25, 0.3) is 0 Å². The van der Waals surface area contributed by atoms with E-state index in [4.69, 9.17) is 11.9 Å². The largest absolute Gasteiger partial charge is 0.348 e. The maximum Gasteiger partial charge on any atom is 0.324 e. The molecule has 0 N–H and O–H groups in total. The zero-order chi connectivity index (χ0) is 12.0. The number of rotatable bonds is 5. The van der Waals surface area contributed by atoms with Gasteiger partial charge in [-0.3, -0.25) is 14.9 Å². The molecule has 0 saturated heterocycles. The minimum atomic E-state index is -0.469. The van der Waals surface area contributed by atoms with Gasteiger partial charge in [0.15, 0.2) is 0 Å². The van der Waals surface area contributed by atoms with Crippen molar-refractivity contribution < 1.29 is 14.0 Å². The lowest BCUT2D eigenvalue weighted by molar-refractivity contribution is -0.384. The lowest BCUT2D eigenvalue weighted by atomic mass is 10.1. The van der Waals surface area contributed by atoms with Crippen LogP contribution in [0.15, 0.2) is 24.3 Å². The molecule has 1 aromatic carbocycles. The van der Waals surface area contributed by atoms with E-state index in [1.165, 1.54) is 12.1 Å². The minimum Gasteiger partial charge on any atom is -0.348 e. The van der Waals surface area contributed by atoms with Gasteiger partial charge in [-0.25, -0.2) is 0 Å². The molecule has 0 radical (unpaired) electrons. The molecule has 0 atom stereocenters. The van der Waals surface area contributed by atoms with Crippen LogP contribution in [0.5, 0.6) is 0 Å². The highest BCUT2D eigenvalue weighted by Crippen LogP contribution is 2.13. The molecule has 0 fully saturated rings. The average molecular weight is 244 g/mol. The van der Waals surface area contributed by atoms with Crippen LogP contribution in [0.4, 0.5) is 5.69 Å². The molecule has 86 valence electrons. The first-order valence-corrected chi connectivity index (χ1v) is 4.99. The molecule has 0 amide bonds. The second kappa shape index (κ2) is 6.07. The van der Waals surface area contributed by atoms with Gasteiger partial charge in [0.2, 0.25) is 0 Å². The summed E-state index contributed by atoms with van der Waals surface area (Å²) < 4.78 is 3.98. The van der Waals surface area contributed by atoms with Crippen molar-refractivity contribution in [3.8, 4) is 0 Å². The molecule has 0 heterocycles. The van der Waals surface area contributed by atoms with E-state index in [1.807, 2.05) is 0 Å². The number of nitro groups is 1. The molecule has 0 aliphatic heterocycles. The standard InChI is InChI=1S/C10H10ClNO4/c11-16-10(13)3-1-2-8-4-6-9(7-5-8)12(14)15/h4-7H,1-3H2. The number of carbonyl (C=O) groups excluding carboxylic acids is 1. The second-order valence-corrected chi connectivity index (χ2v) is 3.38. The van der Waals surface area contributed by atoms with Crippen LogP contribution in [0.2, 0.25) is 0 Å². The Morgan fingerprint density at radius 1 is 1.38 bits per heavy atom. The van der Waals surface area contributed by atoms with Crippen molar-refractivity contribution in [1.82, 2.24) is 0 Å². The summed E-state index contributed by atoms with van der Waals surface area (Å²) in [6, 6.07) is 6.22. The van der Waals surface area contributed by atoms with E-state index < -0.39 is 10.9 Å². The number of carbonyl (C=O) groups is 1. The van der Waals surface area contributed by atoms with E-state index in [0.29, 0.717) is 12.8 Å². The fourth-order valence-corrected chi connectivity index (χ4v) is 1.34. The number of aryl methyl sites for hydroxylation is 1. The molecule has 16 heavy (non-hydrogen) atoms. The molecule has 6 heteroatoms. The van der Waals surface area contributed by atoms with Crippen LogP contribution in [-0.4, -0.2) is 10.9 Å². The third kappa shape index (κ3) is 3.86. The number of nitrogens with zero attached hydrogens (tertiary/aromatic N) is 1. The molecule has 0 aliphatic rings. The first-order valence-electron chi connectivity index (χ1n) is 4.68. The van der Waals surface area contributed by atoms with Crippen LogP contribution in [-0.2, 0) is 15.5 Å². The zero-order valence-electron chi connectivity index (χ0n) is 8.39. The highest BCUT2D eigenvalue weighted by molar-refractivity contribution is 6.13. The fourth-order valence-electron chi connectivity index (χ4n) is 1.26. The highest BCUT2D eigenvalue weighted by atomic mass is 35.5. The molecule has 1 rings (SSSR count). The Kier molecular flexibility index (Phi) is 4.72. The van der Waals surface area contributed by atoms with Crippen molar-refractivity contribution in [1.29, 1.82) is 0 Å². The zero-order valence-corrected chi connectivity index (χ0v) is 9.14. The minimum absolute atomic E-state index is 0.0592. The van der Waals surface area contributed by atoms with Crippen LogP contribution in [0.1, 0.15) is 18.4 Å². The third-order valence-corrected chi connectivity index (χ3v) is 2.25. The van der Waals surface area contributed by atoms with Gasteiger partial charge in [0.25, 0.3) is 5.69 Å². The normalized spacial score (nSPS) is 9.81. The van der Waals surface area contributed by atoms with Crippen molar-refractivity contribution in [3.05, 3.63) is 39.9 Å². The fraction of sp³-hybridized carbons (Fsp3) is 0.300. The maximum atomic E-state index is 10.7. The van der Waals surface area contributed by atoms with Gasteiger partial charge in [-0.2, -0.15) is 0 Å². The number of non-ortho nitro benzene ring substituents is 1. The molecule has 0 aromatic heterocycles. The van der Waals surface area contributed by atoms with Gasteiger partial charge in [-0.05, 0) is 18.4 Å². The SMILES string of the molecule is O=C(CCCc1ccc([N+](=O)[O-])cc1)OCl. The quantitative estimate of drug-likeness (QED) is 0.589. The Balaban J connectivity index is 2.43. The van der Waals surface area contributed by atoms with Crippen LogP contribution >= 0.6 is 11.9 Å². The van der Waals surface area contributed by atoms with Gasteiger partial charge in [0.1, 0.15) is 11.9 Å². The summed E-state index contributed by atoms with van der Waals surface area (Å²) in [6.45, 7) is 0. The van der Waals surface area contributed by atoms with Crippen molar-refractivity contribution >= 4 is 23.5 Å². The molecule has 5 nitrogen and oxygen atoms in total. The molecule has 1 aromatic rings. The summed E-state index contributed by atoms with van der Waals surface area (Å²) in [6.07, 6.45) is 1.49. The number of hydrogen-bond donors (Lipinski definition) is 0. The Bertz CT molecular complexity index is 377. The first-order chi connectivity index (χ1) is 7.63. The molecule has 0 saturated carbocycles. The molecular formula is C10H10ClNO4. The third-order valence-electron chi connectivity index (χ3n) is 2.08. The second-order valence-electron chi connectivity index (χ2n) is 3.23. The molecule has 0 unspecified atom stereocenters. The van der Waals surface area contributed by atoms with Gasteiger partial charge < -0.3 is 4.29 Å². The van der Waals surface area contributed by atoms with Gasteiger partial charge in [-0.15, -0.1) is 0 Å². The number of benzene rings is 1. The molecular weight excluding hydrogens is 234 g/mol. The van der Waals surface area contributed by atoms with Crippen molar-refractivity contribution in [2.45, 2.75) is 19.3 Å². The van der Waals surface area contributed by atoms with E-state index in [2.05, 4.69) is 4.29 Å². The topological polar surface area (TPSA) is 69.4 Å². The summed E-state index contributed by atoms with van der Waals surface area (Å²) in [5.74, 6) is -0.469. The van der Waals surface area contributed by atoms with E-state index in [9.17, 15) is 14.9 Å². The van der Waals surface area contributed by atoms with Crippen LogP contribution in [0.3, 0.4) is 0 Å². The van der Waals surface area contributed by atoms with Crippen molar-refractivity contribution in [3.63, 3.8) is 0 Å². The average Bonchev–Trinajstić information content (AvgIpc) is 2.29. The van der Waals surface area contributed by atoms with Crippen LogP contribution < -0.4 is 0 Å². The first kappa shape index (κ1) is 12.4. The van der Waals surface area contributed by atoms with Crippen molar-refractivity contribution in [2.75, 3.05) is 0 Å². The van der Waals surface area contributed by atoms with E-state index in [1.54, 1.807) is 12.1 Å². The van der Waals surface area contributed by atoms with E-state index >= 15 is 0 Å².